The maximum Gasteiger partial charge on any atom is 0.234 e. The molecule has 1 aliphatic carbocycles. The third kappa shape index (κ3) is 4.89. The summed E-state index contributed by atoms with van der Waals surface area (Å²) in [6.45, 7) is 2.32. The van der Waals surface area contributed by atoms with Gasteiger partial charge in [0.1, 0.15) is 0 Å². The highest BCUT2D eigenvalue weighted by molar-refractivity contribution is 7.99. The Hall–Kier alpha value is -0.220. The van der Waals surface area contributed by atoms with E-state index >= 15 is 0 Å². The summed E-state index contributed by atoms with van der Waals surface area (Å²) in [5.74, 6) is 1.44. The molecule has 1 fully saturated rings. The lowest BCUT2D eigenvalue weighted by Crippen LogP contribution is -2.36. The van der Waals surface area contributed by atoms with Gasteiger partial charge in [-0.3, -0.25) is 4.79 Å². The van der Waals surface area contributed by atoms with Crippen LogP contribution in [0.1, 0.15) is 39.0 Å². The van der Waals surface area contributed by atoms with Crippen molar-refractivity contribution in [3.63, 3.8) is 0 Å². The molecule has 3 nitrogen and oxygen atoms in total. The Bertz CT molecular complexity index is 211. The van der Waals surface area contributed by atoms with Crippen LogP contribution in [0, 0.1) is 5.92 Å². The monoisotopic (exact) mass is 230 g/mol. The van der Waals surface area contributed by atoms with E-state index in [-0.39, 0.29) is 5.91 Å². The van der Waals surface area contributed by atoms with Gasteiger partial charge in [0.15, 0.2) is 0 Å². The highest BCUT2D eigenvalue weighted by atomic mass is 32.2. The molecule has 0 aromatic heterocycles. The Morgan fingerprint density at radius 1 is 1.53 bits per heavy atom. The van der Waals surface area contributed by atoms with Crippen LogP contribution in [0.4, 0.5) is 0 Å². The average Bonchev–Trinajstić information content (AvgIpc) is 2.17. The Kier molecular flexibility index (Phi) is 5.47. The molecule has 3 atom stereocenters. The average molecular weight is 230 g/mol. The molecule has 4 heteroatoms. The van der Waals surface area contributed by atoms with Crippen molar-refractivity contribution in [3.8, 4) is 0 Å². The molecule has 0 radical (unpaired) electrons. The molecule has 0 spiro atoms. The van der Waals surface area contributed by atoms with Gasteiger partial charge in [-0.2, -0.15) is 11.8 Å². The number of hydrogen-bond donors (Lipinski definition) is 2. The van der Waals surface area contributed by atoms with Gasteiger partial charge < -0.3 is 11.5 Å². The molecule has 0 aliphatic heterocycles. The van der Waals surface area contributed by atoms with Crippen LogP contribution >= 0.6 is 11.8 Å². The van der Waals surface area contributed by atoms with Crippen molar-refractivity contribution in [1.82, 2.24) is 0 Å². The molecule has 0 heterocycles. The van der Waals surface area contributed by atoms with Crippen LogP contribution in [0.3, 0.4) is 0 Å². The molecule has 0 saturated heterocycles. The fraction of sp³-hybridized carbons (Fsp3) is 0.909. The molecule has 3 unspecified atom stereocenters. The van der Waals surface area contributed by atoms with Gasteiger partial charge in [0, 0.05) is 5.25 Å². The smallest absolute Gasteiger partial charge is 0.234 e. The van der Waals surface area contributed by atoms with Crippen molar-refractivity contribution in [1.29, 1.82) is 0 Å². The molecule has 0 aromatic carbocycles. The highest BCUT2D eigenvalue weighted by Crippen LogP contribution is 2.32. The van der Waals surface area contributed by atoms with E-state index in [4.69, 9.17) is 11.5 Å². The second-order valence-electron chi connectivity index (χ2n) is 4.56. The minimum absolute atomic E-state index is 0.382. The van der Waals surface area contributed by atoms with E-state index in [0.717, 1.165) is 16.9 Å². The summed E-state index contributed by atoms with van der Waals surface area (Å²) in [5.41, 5.74) is 10.7. The second kappa shape index (κ2) is 6.38. The molecule has 4 N–H and O–H groups in total. The quantitative estimate of drug-likeness (QED) is 0.752. The Balaban J connectivity index is 2.11. The van der Waals surface area contributed by atoms with Crippen molar-refractivity contribution in [2.45, 2.75) is 50.3 Å². The van der Waals surface area contributed by atoms with Gasteiger partial charge in [-0.05, 0) is 30.9 Å². The number of rotatable bonds is 5. The summed E-state index contributed by atoms with van der Waals surface area (Å²) < 4.78 is 0. The van der Waals surface area contributed by atoms with E-state index in [9.17, 15) is 4.79 Å². The predicted molar refractivity (Wildman–Crippen MR) is 65.7 cm³/mol. The van der Waals surface area contributed by atoms with Crippen molar-refractivity contribution in [2.24, 2.45) is 17.4 Å². The van der Waals surface area contributed by atoms with Gasteiger partial charge in [0.05, 0.1) is 6.04 Å². The molecule has 1 saturated carbocycles. The molecule has 1 rings (SSSR count). The Morgan fingerprint density at radius 3 is 2.87 bits per heavy atom. The van der Waals surface area contributed by atoms with Crippen LogP contribution in [0.2, 0.25) is 0 Å². The number of thioether (sulfide) groups is 1. The molecular weight excluding hydrogens is 208 g/mol. The van der Waals surface area contributed by atoms with Gasteiger partial charge in [-0.15, -0.1) is 0 Å². The van der Waals surface area contributed by atoms with Crippen LogP contribution in [0.25, 0.3) is 0 Å². The zero-order valence-electron chi connectivity index (χ0n) is 9.45. The predicted octanol–water partition coefficient (Wildman–Crippen LogP) is 1.50. The second-order valence-corrected chi connectivity index (χ2v) is 5.97. The number of carbonyl (C=O) groups is 1. The summed E-state index contributed by atoms with van der Waals surface area (Å²) in [6, 6.07) is -0.460. The van der Waals surface area contributed by atoms with Crippen LogP contribution < -0.4 is 11.5 Å². The van der Waals surface area contributed by atoms with Crippen molar-refractivity contribution >= 4 is 17.7 Å². The SMILES string of the molecule is CC1CCCC(SCCC(N)C(N)=O)C1. The summed E-state index contributed by atoms with van der Waals surface area (Å²) in [5, 5.41) is 0.772. The summed E-state index contributed by atoms with van der Waals surface area (Å²) in [7, 11) is 0. The van der Waals surface area contributed by atoms with Crippen LogP contribution in [-0.2, 0) is 4.79 Å². The lowest BCUT2D eigenvalue weighted by atomic mass is 9.91. The Morgan fingerprint density at radius 2 is 2.27 bits per heavy atom. The molecule has 0 bridgehead atoms. The van der Waals surface area contributed by atoms with E-state index in [0.29, 0.717) is 6.42 Å². The maximum absolute atomic E-state index is 10.7. The Labute approximate surface area is 96.3 Å². The largest absolute Gasteiger partial charge is 0.368 e. The highest BCUT2D eigenvalue weighted by Gasteiger charge is 2.19. The third-order valence-corrected chi connectivity index (χ3v) is 4.41. The van der Waals surface area contributed by atoms with Crippen molar-refractivity contribution in [3.05, 3.63) is 0 Å². The zero-order chi connectivity index (χ0) is 11.3. The van der Waals surface area contributed by atoms with Crippen LogP contribution in [-0.4, -0.2) is 23.0 Å². The van der Waals surface area contributed by atoms with Gasteiger partial charge >= 0.3 is 0 Å². The van der Waals surface area contributed by atoms with E-state index in [1.165, 1.54) is 25.7 Å². The summed E-state index contributed by atoms with van der Waals surface area (Å²) >= 11 is 1.96. The zero-order valence-corrected chi connectivity index (χ0v) is 10.3. The molecule has 0 aromatic rings. The minimum Gasteiger partial charge on any atom is -0.368 e. The van der Waals surface area contributed by atoms with E-state index < -0.39 is 6.04 Å². The summed E-state index contributed by atoms with van der Waals surface area (Å²) in [4.78, 5) is 10.7. The topological polar surface area (TPSA) is 69.1 Å². The minimum atomic E-state index is -0.460. The fourth-order valence-electron chi connectivity index (χ4n) is 2.03. The van der Waals surface area contributed by atoms with Gasteiger partial charge in [-0.1, -0.05) is 19.8 Å². The number of primary amides is 1. The number of carbonyl (C=O) groups excluding carboxylic acids is 1. The standard InChI is InChI=1S/C11H22N2OS/c1-8-3-2-4-9(7-8)15-6-5-10(12)11(13)14/h8-10H,2-7,12H2,1H3,(H2,13,14). The molecular formula is C11H22N2OS. The van der Waals surface area contributed by atoms with E-state index in [1.54, 1.807) is 0 Å². The normalized spacial score (nSPS) is 28.7. The first-order chi connectivity index (χ1) is 7.09. The van der Waals surface area contributed by atoms with Gasteiger partial charge in [0.2, 0.25) is 5.91 Å². The fourth-order valence-corrected chi connectivity index (χ4v) is 3.56. The van der Waals surface area contributed by atoms with Gasteiger partial charge in [-0.25, -0.2) is 0 Å². The molecule has 1 aliphatic rings. The summed E-state index contributed by atoms with van der Waals surface area (Å²) in [6.07, 6.45) is 6.07. The number of nitrogens with two attached hydrogens (primary N) is 2. The third-order valence-electron chi connectivity index (χ3n) is 3.04. The van der Waals surface area contributed by atoms with E-state index in [2.05, 4.69) is 6.92 Å². The van der Waals surface area contributed by atoms with Crippen LogP contribution in [0.15, 0.2) is 0 Å². The number of hydrogen-bond acceptors (Lipinski definition) is 3. The van der Waals surface area contributed by atoms with Crippen LogP contribution in [0.5, 0.6) is 0 Å². The first-order valence-electron chi connectivity index (χ1n) is 5.76. The molecule has 15 heavy (non-hydrogen) atoms. The van der Waals surface area contributed by atoms with Crippen molar-refractivity contribution < 1.29 is 4.79 Å². The molecule has 1 amide bonds. The lowest BCUT2D eigenvalue weighted by molar-refractivity contribution is -0.119. The number of amides is 1. The molecule has 88 valence electrons. The van der Waals surface area contributed by atoms with Crippen molar-refractivity contribution in [2.75, 3.05) is 5.75 Å². The van der Waals surface area contributed by atoms with E-state index in [1.807, 2.05) is 11.8 Å². The van der Waals surface area contributed by atoms with Gasteiger partial charge in [0.25, 0.3) is 0 Å². The first-order valence-corrected chi connectivity index (χ1v) is 6.81. The maximum atomic E-state index is 10.7. The lowest BCUT2D eigenvalue weighted by Gasteiger charge is -2.26. The first kappa shape index (κ1) is 12.8.